The van der Waals surface area contributed by atoms with Crippen LogP contribution in [0.1, 0.15) is 52.0 Å². The van der Waals surface area contributed by atoms with E-state index in [9.17, 15) is 14.5 Å². The minimum absolute atomic E-state index is 0.0853. The normalized spacial score (nSPS) is 15.4. The molecule has 176 valence electrons. The summed E-state index contributed by atoms with van der Waals surface area (Å²) in [6, 6.07) is 15.1. The van der Waals surface area contributed by atoms with Gasteiger partial charge in [-0.15, -0.1) is 11.3 Å². The van der Waals surface area contributed by atoms with Crippen LogP contribution in [0.5, 0.6) is 0 Å². The van der Waals surface area contributed by atoms with Gasteiger partial charge < -0.3 is 14.7 Å². The number of carbonyl (C=O) groups is 1. The van der Waals surface area contributed by atoms with Crippen LogP contribution in [-0.2, 0) is 9.09 Å². The molecule has 2 N–H and O–H groups in total. The molecule has 0 bridgehead atoms. The molecule has 3 aromatic rings. The molecule has 0 spiro atoms. The molecule has 1 fully saturated rings. The lowest BCUT2D eigenvalue weighted by Gasteiger charge is -2.20. The van der Waals surface area contributed by atoms with Crippen LogP contribution in [0.3, 0.4) is 0 Å². The van der Waals surface area contributed by atoms with E-state index >= 15 is 0 Å². The molecule has 34 heavy (non-hydrogen) atoms. The van der Waals surface area contributed by atoms with Crippen molar-refractivity contribution in [2.24, 2.45) is 5.92 Å². The molecule has 1 unspecified atom stereocenters. The fraction of sp³-hybridized carbons (Fsp3) is 0.296. The van der Waals surface area contributed by atoms with E-state index in [2.05, 4.69) is 16.9 Å². The molecule has 4 rings (SSSR count). The summed E-state index contributed by atoms with van der Waals surface area (Å²) in [5.41, 5.74) is 3.97. The van der Waals surface area contributed by atoms with Crippen LogP contribution in [0.25, 0.3) is 10.4 Å². The topological polar surface area (TPSA) is 75.6 Å². The van der Waals surface area contributed by atoms with Gasteiger partial charge in [0.2, 0.25) is 0 Å². The monoisotopic (exact) mass is 493 g/mol. The zero-order valence-electron chi connectivity index (χ0n) is 19.6. The first kappa shape index (κ1) is 24.3. The first-order valence-corrected chi connectivity index (χ1v) is 13.7. The summed E-state index contributed by atoms with van der Waals surface area (Å²) in [5, 5.41) is 13.2. The minimum atomic E-state index is -3.53. The van der Waals surface area contributed by atoms with Crippen molar-refractivity contribution in [3.05, 3.63) is 70.1 Å². The van der Waals surface area contributed by atoms with Crippen molar-refractivity contribution < 1.29 is 19.0 Å². The average Bonchev–Trinajstić information content (AvgIpc) is 3.48. The molecule has 1 aliphatic carbocycles. The smallest absolute Gasteiger partial charge is 0.348 e. The maximum atomic E-state index is 13.7. The van der Waals surface area contributed by atoms with Crippen LogP contribution in [0, 0.1) is 31.6 Å². The lowest BCUT2D eigenvalue weighted by atomic mass is 10.1. The second-order valence-electron chi connectivity index (χ2n) is 8.62. The third-order valence-electron chi connectivity index (χ3n) is 6.07. The third-order valence-corrected chi connectivity index (χ3v) is 9.42. The molecule has 0 radical (unpaired) electrons. The van der Waals surface area contributed by atoms with E-state index in [0.717, 1.165) is 38.5 Å². The summed E-state index contributed by atoms with van der Waals surface area (Å²) >= 11 is 1.14. The number of hydrogen-bond acceptors (Lipinski definition) is 4. The van der Waals surface area contributed by atoms with Crippen molar-refractivity contribution in [3.8, 4) is 22.3 Å². The fourth-order valence-corrected chi connectivity index (χ4v) is 6.98. The Bertz CT molecular complexity index is 1310. The lowest BCUT2D eigenvalue weighted by molar-refractivity contribution is 0.0703. The second kappa shape index (κ2) is 10.2. The van der Waals surface area contributed by atoms with Crippen molar-refractivity contribution in [3.63, 3.8) is 0 Å². The molecule has 1 saturated carbocycles. The van der Waals surface area contributed by atoms with E-state index in [1.807, 2.05) is 50.2 Å². The Labute approximate surface area is 204 Å². The number of carboxylic acids is 1. The summed E-state index contributed by atoms with van der Waals surface area (Å²) in [5.74, 6) is 6.04. The van der Waals surface area contributed by atoms with Crippen molar-refractivity contribution >= 4 is 35.8 Å². The van der Waals surface area contributed by atoms with Crippen LogP contribution in [0.4, 0.5) is 5.69 Å². The van der Waals surface area contributed by atoms with E-state index in [0.29, 0.717) is 11.2 Å². The van der Waals surface area contributed by atoms with Gasteiger partial charge in [-0.25, -0.2) is 4.79 Å². The number of anilines is 1. The molecular formula is C27H28NO4PS. The number of thiophene rings is 1. The van der Waals surface area contributed by atoms with Crippen molar-refractivity contribution in [2.45, 2.75) is 39.5 Å². The Morgan fingerprint density at radius 2 is 1.82 bits per heavy atom. The maximum absolute atomic E-state index is 13.7. The fourth-order valence-electron chi connectivity index (χ4n) is 4.25. The quantitative estimate of drug-likeness (QED) is 0.290. The zero-order valence-corrected chi connectivity index (χ0v) is 21.3. The van der Waals surface area contributed by atoms with Gasteiger partial charge in [-0.3, -0.25) is 4.57 Å². The molecule has 2 aromatic carbocycles. The average molecular weight is 494 g/mol. The SMILES string of the molecule is COP(=O)(Nc1cc(-c2ccc(C#CC3CCCC3)cc2)sc1C(=O)O)c1ccc(C)cc1C. The first-order chi connectivity index (χ1) is 16.3. The van der Waals surface area contributed by atoms with E-state index in [1.54, 1.807) is 12.1 Å². The van der Waals surface area contributed by atoms with E-state index in [4.69, 9.17) is 4.52 Å². The summed E-state index contributed by atoms with van der Waals surface area (Å²) in [6.07, 6.45) is 4.89. The van der Waals surface area contributed by atoms with Gasteiger partial charge in [0.05, 0.1) is 11.0 Å². The number of benzene rings is 2. The summed E-state index contributed by atoms with van der Waals surface area (Å²) < 4.78 is 19.1. The summed E-state index contributed by atoms with van der Waals surface area (Å²) in [6.45, 7) is 3.82. The second-order valence-corrected chi connectivity index (χ2v) is 11.8. The van der Waals surface area contributed by atoms with E-state index in [-0.39, 0.29) is 10.6 Å². The molecule has 1 aromatic heterocycles. The van der Waals surface area contributed by atoms with Gasteiger partial charge in [0.15, 0.2) is 0 Å². The largest absolute Gasteiger partial charge is 0.477 e. The molecule has 0 aliphatic heterocycles. The van der Waals surface area contributed by atoms with Crippen LogP contribution >= 0.6 is 18.9 Å². The molecular weight excluding hydrogens is 465 g/mol. The maximum Gasteiger partial charge on any atom is 0.348 e. The number of aromatic carboxylic acids is 1. The number of hydrogen-bond donors (Lipinski definition) is 2. The molecule has 7 heteroatoms. The Kier molecular flexibility index (Phi) is 7.28. The molecule has 0 amide bonds. The van der Waals surface area contributed by atoms with Gasteiger partial charge in [-0.1, -0.05) is 54.5 Å². The van der Waals surface area contributed by atoms with Crippen LogP contribution < -0.4 is 10.4 Å². The highest BCUT2D eigenvalue weighted by atomic mass is 32.1. The van der Waals surface area contributed by atoms with Crippen LogP contribution in [0.2, 0.25) is 0 Å². The Balaban J connectivity index is 1.62. The predicted octanol–water partition coefficient (Wildman–Crippen LogP) is 6.85. The summed E-state index contributed by atoms with van der Waals surface area (Å²) in [4.78, 5) is 12.8. The van der Waals surface area contributed by atoms with Gasteiger partial charge in [0.1, 0.15) is 4.88 Å². The molecule has 0 saturated heterocycles. The number of nitrogens with one attached hydrogen (secondary N) is 1. The molecule has 1 atom stereocenters. The highest BCUT2D eigenvalue weighted by molar-refractivity contribution is 7.68. The minimum Gasteiger partial charge on any atom is -0.477 e. The number of rotatable bonds is 6. The van der Waals surface area contributed by atoms with Crippen LogP contribution in [-0.4, -0.2) is 18.2 Å². The van der Waals surface area contributed by atoms with Gasteiger partial charge in [0, 0.05) is 23.5 Å². The van der Waals surface area contributed by atoms with Crippen molar-refractivity contribution in [1.29, 1.82) is 0 Å². The van der Waals surface area contributed by atoms with E-state index in [1.165, 1.54) is 32.8 Å². The highest BCUT2D eigenvalue weighted by Gasteiger charge is 2.30. The third kappa shape index (κ3) is 5.28. The predicted molar refractivity (Wildman–Crippen MR) is 139 cm³/mol. The van der Waals surface area contributed by atoms with Gasteiger partial charge in [-0.2, -0.15) is 0 Å². The van der Waals surface area contributed by atoms with Crippen LogP contribution in [0.15, 0.2) is 48.5 Å². The van der Waals surface area contributed by atoms with Crippen molar-refractivity contribution in [1.82, 2.24) is 0 Å². The molecule has 5 nitrogen and oxygen atoms in total. The zero-order chi connectivity index (χ0) is 24.3. The molecule has 1 aliphatic rings. The lowest BCUT2D eigenvalue weighted by Crippen LogP contribution is -2.17. The highest BCUT2D eigenvalue weighted by Crippen LogP contribution is 2.48. The van der Waals surface area contributed by atoms with E-state index < -0.39 is 13.5 Å². The van der Waals surface area contributed by atoms with Gasteiger partial charge in [0.25, 0.3) is 0 Å². The number of aryl methyl sites for hydroxylation is 2. The van der Waals surface area contributed by atoms with Gasteiger partial charge in [-0.05, 0) is 62.1 Å². The Hall–Kier alpha value is -2.84. The summed E-state index contributed by atoms with van der Waals surface area (Å²) in [7, 11) is -2.16. The Morgan fingerprint density at radius 1 is 1.12 bits per heavy atom. The molecule has 1 heterocycles. The Morgan fingerprint density at radius 3 is 2.44 bits per heavy atom. The van der Waals surface area contributed by atoms with Crippen molar-refractivity contribution in [2.75, 3.05) is 12.2 Å². The first-order valence-electron chi connectivity index (χ1n) is 11.3. The number of carboxylic acid groups (broad SMARTS) is 1. The standard InChI is InChI=1S/C27H28NO4PS/c1-18-8-15-24(19(2)16-18)33(31,32-3)28-23-17-25(34-26(23)27(29)30)22-13-11-21(12-14-22)10-9-20-6-4-5-7-20/h8,11-17,20H,4-7H2,1-3H3,(H,28,31)(H,29,30). The van der Waals surface area contributed by atoms with Gasteiger partial charge >= 0.3 is 13.5 Å².